The maximum absolute atomic E-state index is 10.2. The van der Waals surface area contributed by atoms with Crippen LogP contribution >= 0.6 is 0 Å². The Labute approximate surface area is 85.5 Å². The van der Waals surface area contributed by atoms with Crippen LogP contribution in [-0.2, 0) is 11.5 Å². The predicted octanol–water partition coefficient (Wildman–Crippen LogP) is 2.84. The van der Waals surface area contributed by atoms with E-state index in [0.29, 0.717) is 0 Å². The van der Waals surface area contributed by atoms with Crippen LogP contribution < -0.4 is 4.74 Å². The molecule has 1 aromatic rings. The van der Waals surface area contributed by atoms with Gasteiger partial charge in [0.2, 0.25) is 0 Å². The standard InChI is InChI=1S/C12H17O2/c1-2-3-4-11-5-7-12(8-6-11)14-10-9-13/h5-8H,2-4,9-10H2,1H3. The zero-order chi connectivity index (χ0) is 10.2. The highest BCUT2D eigenvalue weighted by molar-refractivity contribution is 5.27. The van der Waals surface area contributed by atoms with Crippen molar-refractivity contribution in [2.24, 2.45) is 0 Å². The summed E-state index contributed by atoms with van der Waals surface area (Å²) in [6, 6.07) is 7.99. The fraction of sp³-hybridized carbons (Fsp3) is 0.500. The number of ether oxygens (including phenoxy) is 1. The normalized spacial score (nSPS) is 10.1. The third kappa shape index (κ3) is 3.79. The Morgan fingerprint density at radius 3 is 2.50 bits per heavy atom. The number of hydrogen-bond acceptors (Lipinski definition) is 1. The monoisotopic (exact) mass is 193 g/mol. The van der Waals surface area contributed by atoms with Crippen molar-refractivity contribution in [1.29, 1.82) is 0 Å². The van der Waals surface area contributed by atoms with Gasteiger partial charge >= 0.3 is 0 Å². The largest absolute Gasteiger partial charge is 0.491 e. The van der Waals surface area contributed by atoms with Gasteiger partial charge in [0.15, 0.2) is 0 Å². The van der Waals surface area contributed by atoms with Gasteiger partial charge in [-0.2, -0.15) is 0 Å². The molecule has 2 heteroatoms. The van der Waals surface area contributed by atoms with Gasteiger partial charge in [0.1, 0.15) is 19.0 Å². The van der Waals surface area contributed by atoms with E-state index in [0.717, 1.165) is 12.2 Å². The second-order valence-electron chi connectivity index (χ2n) is 3.30. The number of benzene rings is 1. The van der Waals surface area contributed by atoms with Crippen molar-refractivity contribution in [2.45, 2.75) is 26.2 Å². The summed E-state index contributed by atoms with van der Waals surface area (Å²) >= 11 is 0. The molecule has 0 amide bonds. The minimum atomic E-state index is -0.183. The maximum Gasteiger partial charge on any atom is 0.119 e. The second-order valence-corrected chi connectivity index (χ2v) is 3.30. The lowest BCUT2D eigenvalue weighted by Crippen LogP contribution is -2.00. The van der Waals surface area contributed by atoms with Crippen LogP contribution in [0, 0.1) is 0 Å². The van der Waals surface area contributed by atoms with Gasteiger partial charge in [-0.05, 0) is 30.5 Å². The van der Waals surface area contributed by atoms with Gasteiger partial charge in [-0.3, -0.25) is 0 Å². The van der Waals surface area contributed by atoms with Gasteiger partial charge < -0.3 is 4.74 Å². The molecule has 0 unspecified atom stereocenters. The Bertz CT molecular complexity index is 214. The van der Waals surface area contributed by atoms with E-state index in [4.69, 9.17) is 4.74 Å². The van der Waals surface area contributed by atoms with Gasteiger partial charge in [0.05, 0.1) is 0 Å². The van der Waals surface area contributed by atoms with Gasteiger partial charge in [0, 0.05) is 0 Å². The van der Waals surface area contributed by atoms with Crippen LogP contribution in [0.4, 0.5) is 0 Å². The Morgan fingerprint density at radius 2 is 1.93 bits per heavy atom. The van der Waals surface area contributed by atoms with Crippen molar-refractivity contribution in [3.63, 3.8) is 0 Å². The van der Waals surface area contributed by atoms with Gasteiger partial charge in [-0.25, -0.2) is 5.11 Å². The topological polar surface area (TPSA) is 29.1 Å². The summed E-state index contributed by atoms with van der Waals surface area (Å²) < 4.78 is 5.20. The van der Waals surface area contributed by atoms with Crippen molar-refractivity contribution >= 4 is 0 Å². The summed E-state index contributed by atoms with van der Waals surface area (Å²) in [4.78, 5) is 0. The molecule has 0 spiro atoms. The lowest BCUT2D eigenvalue weighted by Gasteiger charge is -2.04. The molecule has 0 fully saturated rings. The first-order valence-corrected chi connectivity index (χ1v) is 5.16. The number of rotatable bonds is 6. The number of unbranched alkanes of at least 4 members (excludes halogenated alkanes) is 1. The molecule has 77 valence electrons. The molecule has 0 aromatic heterocycles. The Hall–Kier alpha value is -1.02. The average molecular weight is 193 g/mol. The lowest BCUT2D eigenvalue weighted by atomic mass is 10.1. The number of aryl methyl sites for hydroxylation is 1. The van der Waals surface area contributed by atoms with E-state index in [-0.39, 0.29) is 13.2 Å². The van der Waals surface area contributed by atoms with Crippen molar-refractivity contribution in [3.05, 3.63) is 29.8 Å². The van der Waals surface area contributed by atoms with Crippen LogP contribution in [0.25, 0.3) is 0 Å². The highest BCUT2D eigenvalue weighted by Gasteiger charge is 1.95. The molecule has 0 heterocycles. The SMILES string of the molecule is CCCCc1ccc(OCC[O])cc1. The first-order valence-electron chi connectivity index (χ1n) is 5.16. The van der Waals surface area contributed by atoms with E-state index in [9.17, 15) is 5.11 Å². The van der Waals surface area contributed by atoms with Gasteiger partial charge in [-0.1, -0.05) is 25.5 Å². The molecule has 0 aliphatic carbocycles. The summed E-state index contributed by atoms with van der Waals surface area (Å²) in [6.45, 7) is 2.26. The molecule has 0 N–H and O–H groups in total. The second kappa shape index (κ2) is 6.44. The Balaban J connectivity index is 2.42. The first kappa shape index (κ1) is 11.1. The summed E-state index contributed by atoms with van der Waals surface area (Å²) in [5.74, 6) is 0.793. The minimum absolute atomic E-state index is 0.183. The van der Waals surface area contributed by atoms with Gasteiger partial charge in [-0.15, -0.1) is 0 Å². The highest BCUT2D eigenvalue weighted by Crippen LogP contribution is 2.13. The zero-order valence-electron chi connectivity index (χ0n) is 8.66. The van der Waals surface area contributed by atoms with Crippen molar-refractivity contribution < 1.29 is 9.84 Å². The molecular weight excluding hydrogens is 176 g/mol. The smallest absolute Gasteiger partial charge is 0.119 e. The summed E-state index contributed by atoms with van der Waals surface area (Å²) in [6.07, 6.45) is 3.56. The molecule has 1 rings (SSSR count). The lowest BCUT2D eigenvalue weighted by molar-refractivity contribution is 0.138. The van der Waals surface area contributed by atoms with Crippen LogP contribution in [0.3, 0.4) is 0 Å². The van der Waals surface area contributed by atoms with Crippen molar-refractivity contribution in [1.82, 2.24) is 0 Å². The number of hydrogen-bond donors (Lipinski definition) is 0. The van der Waals surface area contributed by atoms with Crippen LogP contribution in [0.1, 0.15) is 25.3 Å². The van der Waals surface area contributed by atoms with E-state index >= 15 is 0 Å². The molecule has 0 atom stereocenters. The molecule has 0 bridgehead atoms. The fourth-order valence-electron chi connectivity index (χ4n) is 1.29. The Morgan fingerprint density at radius 1 is 1.21 bits per heavy atom. The summed E-state index contributed by atoms with van der Waals surface area (Å²) in [5, 5.41) is 10.2. The van der Waals surface area contributed by atoms with Gasteiger partial charge in [0.25, 0.3) is 0 Å². The molecule has 2 nitrogen and oxygen atoms in total. The molecule has 0 aliphatic rings. The van der Waals surface area contributed by atoms with Crippen LogP contribution in [0.5, 0.6) is 5.75 Å². The van der Waals surface area contributed by atoms with Crippen LogP contribution in [-0.4, -0.2) is 13.2 Å². The molecule has 14 heavy (non-hydrogen) atoms. The first-order chi connectivity index (χ1) is 6.86. The Kier molecular flexibility index (Phi) is 5.08. The maximum atomic E-state index is 10.2. The molecular formula is C12H17O2. The van der Waals surface area contributed by atoms with E-state index in [1.54, 1.807) is 0 Å². The van der Waals surface area contributed by atoms with Crippen LogP contribution in [0.2, 0.25) is 0 Å². The minimum Gasteiger partial charge on any atom is -0.491 e. The van der Waals surface area contributed by atoms with E-state index in [2.05, 4.69) is 19.1 Å². The molecule has 0 saturated carbocycles. The van der Waals surface area contributed by atoms with Crippen molar-refractivity contribution in [2.75, 3.05) is 13.2 Å². The van der Waals surface area contributed by atoms with E-state index in [1.807, 2.05) is 12.1 Å². The fourth-order valence-corrected chi connectivity index (χ4v) is 1.29. The molecule has 1 aromatic carbocycles. The highest BCUT2D eigenvalue weighted by atomic mass is 16.5. The van der Waals surface area contributed by atoms with E-state index in [1.165, 1.54) is 18.4 Å². The predicted molar refractivity (Wildman–Crippen MR) is 56.1 cm³/mol. The third-order valence-electron chi connectivity index (χ3n) is 2.09. The molecule has 0 saturated heterocycles. The zero-order valence-corrected chi connectivity index (χ0v) is 8.66. The summed E-state index contributed by atoms with van der Waals surface area (Å²) in [5.41, 5.74) is 1.33. The van der Waals surface area contributed by atoms with E-state index < -0.39 is 0 Å². The van der Waals surface area contributed by atoms with Crippen LogP contribution in [0.15, 0.2) is 24.3 Å². The quantitative estimate of drug-likeness (QED) is 0.683. The molecule has 0 aliphatic heterocycles. The summed E-state index contributed by atoms with van der Waals surface area (Å²) in [7, 11) is 0. The molecule has 1 radical (unpaired) electrons. The average Bonchev–Trinajstić information content (AvgIpc) is 2.25. The third-order valence-corrected chi connectivity index (χ3v) is 2.09. The van der Waals surface area contributed by atoms with Crippen molar-refractivity contribution in [3.8, 4) is 5.75 Å².